The third kappa shape index (κ3) is 2.74. The molecule has 17 heavy (non-hydrogen) atoms. The molecule has 0 aromatic carbocycles. The van der Waals surface area contributed by atoms with E-state index in [1.807, 2.05) is 6.92 Å². The molecule has 2 rings (SSSR count). The third-order valence-corrected chi connectivity index (χ3v) is 3.01. The van der Waals surface area contributed by atoms with E-state index in [-0.39, 0.29) is 6.04 Å². The van der Waals surface area contributed by atoms with Gasteiger partial charge in [0.25, 0.3) is 0 Å². The van der Waals surface area contributed by atoms with E-state index in [0.29, 0.717) is 5.56 Å². The van der Waals surface area contributed by atoms with Gasteiger partial charge in [-0.2, -0.15) is 0 Å². The van der Waals surface area contributed by atoms with Crippen molar-refractivity contribution in [1.29, 1.82) is 0 Å². The number of carbonyl (C=O) groups is 1. The van der Waals surface area contributed by atoms with Gasteiger partial charge in [-0.3, -0.25) is 4.79 Å². The monoisotopic (exact) mass is 234 g/mol. The Bertz CT molecular complexity index is 433. The third-order valence-electron chi connectivity index (χ3n) is 3.01. The summed E-state index contributed by atoms with van der Waals surface area (Å²) in [5, 5.41) is 0. The number of primary amides is 1. The van der Waals surface area contributed by atoms with E-state index < -0.39 is 5.91 Å². The number of hydrogen-bond donors (Lipinski definition) is 2. The van der Waals surface area contributed by atoms with E-state index in [1.165, 1.54) is 0 Å². The highest BCUT2D eigenvalue weighted by molar-refractivity contribution is 5.93. The van der Waals surface area contributed by atoms with Crippen molar-refractivity contribution in [2.75, 3.05) is 18.0 Å². The Morgan fingerprint density at radius 3 is 2.94 bits per heavy atom. The summed E-state index contributed by atoms with van der Waals surface area (Å²) < 4.78 is 0. The fourth-order valence-corrected chi connectivity index (χ4v) is 2.17. The van der Waals surface area contributed by atoms with Crippen LogP contribution < -0.4 is 16.4 Å². The van der Waals surface area contributed by atoms with Crippen molar-refractivity contribution in [1.82, 2.24) is 4.98 Å². The Labute approximate surface area is 101 Å². The van der Waals surface area contributed by atoms with Crippen LogP contribution >= 0.6 is 0 Å². The van der Waals surface area contributed by atoms with Gasteiger partial charge in [0.05, 0.1) is 0 Å². The normalized spacial score (nSPS) is 20.4. The van der Waals surface area contributed by atoms with Gasteiger partial charge in [-0.15, -0.1) is 0 Å². The maximum absolute atomic E-state index is 11.2. The molecule has 1 atom stereocenters. The molecular weight excluding hydrogens is 216 g/mol. The van der Waals surface area contributed by atoms with Crippen molar-refractivity contribution in [3.8, 4) is 0 Å². The minimum absolute atomic E-state index is 0.183. The predicted octanol–water partition coefficient (Wildman–Crippen LogP) is 0.416. The second-order valence-corrected chi connectivity index (χ2v) is 4.57. The van der Waals surface area contributed by atoms with Crippen molar-refractivity contribution in [2.45, 2.75) is 25.8 Å². The van der Waals surface area contributed by atoms with E-state index in [9.17, 15) is 4.79 Å². The molecule has 1 aliphatic rings. The maximum Gasteiger partial charge on any atom is 0.248 e. The highest BCUT2D eigenvalue weighted by Gasteiger charge is 2.19. The van der Waals surface area contributed by atoms with Crippen molar-refractivity contribution >= 4 is 11.7 Å². The second-order valence-electron chi connectivity index (χ2n) is 4.57. The van der Waals surface area contributed by atoms with E-state index in [0.717, 1.165) is 37.4 Å². The average Bonchev–Trinajstić information content (AvgIpc) is 2.28. The van der Waals surface area contributed by atoms with E-state index in [2.05, 4.69) is 9.88 Å². The lowest BCUT2D eigenvalue weighted by molar-refractivity contribution is 0.1000. The predicted molar refractivity (Wildman–Crippen MR) is 66.9 cm³/mol. The first-order valence-corrected chi connectivity index (χ1v) is 5.85. The Balaban J connectivity index is 2.28. The van der Waals surface area contributed by atoms with Crippen LogP contribution in [-0.4, -0.2) is 30.0 Å². The van der Waals surface area contributed by atoms with Crippen LogP contribution in [0.1, 0.15) is 28.9 Å². The van der Waals surface area contributed by atoms with Crippen LogP contribution in [-0.2, 0) is 0 Å². The molecule has 1 aromatic heterocycles. The highest BCUT2D eigenvalue weighted by Crippen LogP contribution is 2.19. The van der Waals surface area contributed by atoms with Gasteiger partial charge < -0.3 is 16.4 Å². The minimum atomic E-state index is -0.418. The smallest absolute Gasteiger partial charge is 0.248 e. The van der Waals surface area contributed by atoms with Gasteiger partial charge in [0.1, 0.15) is 5.82 Å². The molecule has 1 aliphatic heterocycles. The SMILES string of the molecule is Cc1cc(C(N)=O)cc(N2CCC[C@@H](N)C2)n1. The number of nitrogens with zero attached hydrogens (tertiary/aromatic N) is 2. The van der Waals surface area contributed by atoms with Gasteiger partial charge in [-0.25, -0.2) is 4.98 Å². The molecule has 1 fully saturated rings. The summed E-state index contributed by atoms with van der Waals surface area (Å²) in [6, 6.07) is 3.63. The topological polar surface area (TPSA) is 85.2 Å². The first-order valence-electron chi connectivity index (χ1n) is 5.85. The molecule has 4 N–H and O–H groups in total. The second kappa shape index (κ2) is 4.71. The molecule has 0 aliphatic carbocycles. The van der Waals surface area contributed by atoms with Gasteiger partial charge in [0.2, 0.25) is 5.91 Å². The van der Waals surface area contributed by atoms with Gasteiger partial charge in [0, 0.05) is 30.4 Å². The summed E-state index contributed by atoms with van der Waals surface area (Å²) in [6.07, 6.45) is 2.10. The summed E-state index contributed by atoms with van der Waals surface area (Å²) >= 11 is 0. The first kappa shape index (κ1) is 11.9. The number of rotatable bonds is 2. The van der Waals surface area contributed by atoms with Crippen LogP contribution in [0.3, 0.4) is 0 Å². The van der Waals surface area contributed by atoms with E-state index >= 15 is 0 Å². The molecule has 0 spiro atoms. The number of amides is 1. The Morgan fingerprint density at radius 2 is 2.29 bits per heavy atom. The minimum Gasteiger partial charge on any atom is -0.366 e. The fraction of sp³-hybridized carbons (Fsp3) is 0.500. The van der Waals surface area contributed by atoms with E-state index in [1.54, 1.807) is 12.1 Å². The number of nitrogens with two attached hydrogens (primary N) is 2. The zero-order valence-electron chi connectivity index (χ0n) is 10.0. The van der Waals surface area contributed by atoms with Gasteiger partial charge in [0.15, 0.2) is 0 Å². The summed E-state index contributed by atoms with van der Waals surface area (Å²) in [5.74, 6) is 0.381. The molecular formula is C12H18N4O. The van der Waals surface area contributed by atoms with Gasteiger partial charge in [-0.1, -0.05) is 0 Å². The van der Waals surface area contributed by atoms with Crippen LogP contribution in [0.5, 0.6) is 0 Å². The number of piperidine rings is 1. The molecule has 1 amide bonds. The number of anilines is 1. The molecule has 0 unspecified atom stereocenters. The molecule has 0 saturated carbocycles. The number of hydrogen-bond acceptors (Lipinski definition) is 4. The van der Waals surface area contributed by atoms with Crippen molar-refractivity contribution < 1.29 is 4.79 Å². The maximum atomic E-state index is 11.2. The average molecular weight is 234 g/mol. The lowest BCUT2D eigenvalue weighted by Gasteiger charge is -2.32. The summed E-state index contributed by atoms with van der Waals surface area (Å²) in [5.41, 5.74) is 12.5. The molecule has 1 saturated heterocycles. The first-order chi connectivity index (χ1) is 8.06. The molecule has 92 valence electrons. The molecule has 0 bridgehead atoms. The van der Waals surface area contributed by atoms with Crippen LogP contribution in [0.15, 0.2) is 12.1 Å². The van der Waals surface area contributed by atoms with Gasteiger partial charge >= 0.3 is 0 Å². The molecule has 0 radical (unpaired) electrons. The number of carbonyl (C=O) groups excluding carboxylic acids is 1. The highest BCUT2D eigenvalue weighted by atomic mass is 16.1. The van der Waals surface area contributed by atoms with Gasteiger partial charge in [-0.05, 0) is 31.9 Å². The lowest BCUT2D eigenvalue weighted by atomic mass is 10.1. The fourth-order valence-electron chi connectivity index (χ4n) is 2.17. The number of aromatic nitrogens is 1. The van der Waals surface area contributed by atoms with E-state index in [4.69, 9.17) is 11.5 Å². The quantitative estimate of drug-likeness (QED) is 0.776. The summed E-state index contributed by atoms with van der Waals surface area (Å²) in [6.45, 7) is 3.58. The summed E-state index contributed by atoms with van der Waals surface area (Å²) in [4.78, 5) is 17.8. The van der Waals surface area contributed by atoms with Crippen molar-refractivity contribution in [2.24, 2.45) is 11.5 Å². The number of aryl methyl sites for hydroxylation is 1. The lowest BCUT2D eigenvalue weighted by Crippen LogP contribution is -2.43. The Kier molecular flexibility index (Phi) is 3.28. The molecule has 1 aromatic rings. The van der Waals surface area contributed by atoms with Crippen molar-refractivity contribution in [3.05, 3.63) is 23.4 Å². The number of pyridine rings is 1. The molecule has 5 heteroatoms. The standard InChI is InChI=1S/C12H18N4O/c1-8-5-9(12(14)17)6-11(15-8)16-4-2-3-10(13)7-16/h5-6,10H,2-4,7,13H2,1H3,(H2,14,17)/t10-/m1/s1. The van der Waals surface area contributed by atoms with Crippen LogP contribution in [0.25, 0.3) is 0 Å². The van der Waals surface area contributed by atoms with Crippen molar-refractivity contribution in [3.63, 3.8) is 0 Å². The zero-order chi connectivity index (χ0) is 12.4. The molecule has 2 heterocycles. The largest absolute Gasteiger partial charge is 0.366 e. The Hall–Kier alpha value is -1.62. The zero-order valence-corrected chi connectivity index (χ0v) is 10.0. The summed E-state index contributed by atoms with van der Waals surface area (Å²) in [7, 11) is 0. The van der Waals surface area contributed by atoms with Crippen LogP contribution in [0.4, 0.5) is 5.82 Å². The molecule has 5 nitrogen and oxygen atoms in total. The Morgan fingerprint density at radius 1 is 1.53 bits per heavy atom. The van der Waals surface area contributed by atoms with Crippen LogP contribution in [0.2, 0.25) is 0 Å². The van der Waals surface area contributed by atoms with Crippen LogP contribution in [0, 0.1) is 6.92 Å².